The van der Waals surface area contributed by atoms with Crippen LogP contribution in [-0.2, 0) is 10.2 Å². The zero-order chi connectivity index (χ0) is 29.5. The largest absolute Gasteiger partial charge is 0.344 e. The van der Waals surface area contributed by atoms with Crippen molar-refractivity contribution in [1.82, 2.24) is 0 Å². The van der Waals surface area contributed by atoms with E-state index in [1.165, 1.54) is 126 Å². The topological polar surface area (TPSA) is 63.4 Å². The van der Waals surface area contributed by atoms with Crippen LogP contribution in [0.15, 0.2) is 71.6 Å². The van der Waals surface area contributed by atoms with Gasteiger partial charge in [0.2, 0.25) is 0 Å². The van der Waals surface area contributed by atoms with E-state index >= 15 is 0 Å². The number of benzene rings is 1. The summed E-state index contributed by atoms with van der Waals surface area (Å²) in [6.45, 7) is 7.63. The Kier molecular flexibility index (Phi) is 13.6. The molecule has 1 aliphatic heterocycles. The van der Waals surface area contributed by atoms with Crippen LogP contribution in [0.1, 0.15) is 129 Å². The van der Waals surface area contributed by atoms with Crippen LogP contribution < -0.4 is 4.90 Å². The third-order valence-electron chi connectivity index (χ3n) is 8.66. The number of nitro groups is 1. The number of anilines is 1. The average molecular weight is 561 g/mol. The second-order valence-electron chi connectivity index (χ2n) is 12.3. The lowest BCUT2D eigenvalue weighted by Crippen LogP contribution is -2.27. The number of allylic oxidation sites excluding steroid dienone is 7. The maximum Gasteiger partial charge on any atom is 0.270 e. The van der Waals surface area contributed by atoms with Gasteiger partial charge in [-0.1, -0.05) is 135 Å². The highest BCUT2D eigenvalue weighted by Crippen LogP contribution is 2.47. The molecular formula is C36H52N2O3. The van der Waals surface area contributed by atoms with E-state index in [0.29, 0.717) is 5.57 Å². The minimum absolute atomic E-state index is 0.0618. The highest BCUT2D eigenvalue weighted by molar-refractivity contribution is 6.07. The highest BCUT2D eigenvalue weighted by atomic mass is 16.6. The molecule has 1 aromatic carbocycles. The Balaban J connectivity index is 1.43. The maximum atomic E-state index is 12.4. The Morgan fingerprint density at radius 3 is 1.88 bits per heavy atom. The molecular weight excluding hydrogens is 508 g/mol. The number of fused-ring (bicyclic) bond motifs is 1. The minimum Gasteiger partial charge on any atom is -0.344 e. The highest BCUT2D eigenvalue weighted by Gasteiger charge is 2.39. The number of unbranched alkanes of at least 4 members (excludes halogenated alkanes) is 15. The first-order chi connectivity index (χ1) is 19.9. The molecule has 5 nitrogen and oxygen atoms in total. The third-order valence-corrected chi connectivity index (χ3v) is 8.66. The fourth-order valence-corrected chi connectivity index (χ4v) is 6.15. The smallest absolute Gasteiger partial charge is 0.270 e. The number of carbonyl (C=O) groups is 1. The van der Waals surface area contributed by atoms with Gasteiger partial charge in [-0.25, -0.2) is 0 Å². The van der Waals surface area contributed by atoms with Gasteiger partial charge in [-0.15, -0.1) is 0 Å². The molecule has 0 N–H and O–H groups in total. The minimum atomic E-state index is -0.455. The number of carbonyl (C=O) groups excluding carboxylic acids is 1. The first-order valence-corrected chi connectivity index (χ1v) is 16.2. The standard InChI is InChI=1S/C36H52N2O3/c1-4-5-6-7-8-9-10-11-12-13-14-15-16-17-18-21-28-37-33-23-20-19-22-32(33)36(2,3)35(37)27-24-30-29-31(38(40)41)25-26-34(30)39/h19-20,22-27,29H,4-18,21,28H2,1-3H3/b30-24-,35-27-. The zero-order valence-corrected chi connectivity index (χ0v) is 25.8. The predicted octanol–water partition coefficient (Wildman–Crippen LogP) is 10.2. The Hall–Kier alpha value is -2.95. The first-order valence-electron chi connectivity index (χ1n) is 16.2. The second-order valence-corrected chi connectivity index (χ2v) is 12.3. The molecule has 0 saturated carbocycles. The SMILES string of the molecule is CCCCCCCCCCCCCCCCCCN1/C(=C\C=C2\C=C([N+](=O)[O-])C=CC2=O)C(C)(C)c2ccccc21. The summed E-state index contributed by atoms with van der Waals surface area (Å²) in [5.41, 5.74) is 3.70. The molecule has 41 heavy (non-hydrogen) atoms. The van der Waals surface area contributed by atoms with Gasteiger partial charge in [-0.2, -0.15) is 0 Å². The molecule has 0 aromatic heterocycles. The zero-order valence-electron chi connectivity index (χ0n) is 25.8. The summed E-state index contributed by atoms with van der Waals surface area (Å²) in [4.78, 5) is 25.6. The summed E-state index contributed by atoms with van der Waals surface area (Å²) in [5, 5.41) is 11.2. The molecule has 224 valence electrons. The Bertz CT molecular complexity index is 1130. The number of ketones is 1. The van der Waals surface area contributed by atoms with Crippen molar-refractivity contribution in [3.05, 3.63) is 87.3 Å². The van der Waals surface area contributed by atoms with Gasteiger partial charge in [0.05, 0.1) is 4.92 Å². The fraction of sp³-hybridized carbons (Fsp3) is 0.583. The molecule has 1 aromatic rings. The molecule has 0 amide bonds. The lowest BCUT2D eigenvalue weighted by molar-refractivity contribution is -0.419. The number of hydrogen-bond acceptors (Lipinski definition) is 4. The number of nitrogens with zero attached hydrogens (tertiary/aromatic N) is 2. The van der Waals surface area contributed by atoms with Gasteiger partial charge in [-0.3, -0.25) is 14.9 Å². The fourth-order valence-electron chi connectivity index (χ4n) is 6.15. The summed E-state index contributed by atoms with van der Waals surface area (Å²) >= 11 is 0. The summed E-state index contributed by atoms with van der Waals surface area (Å²) in [6.07, 6.45) is 29.3. The summed E-state index contributed by atoms with van der Waals surface area (Å²) in [6, 6.07) is 8.52. The molecule has 0 saturated heterocycles. The predicted molar refractivity (Wildman–Crippen MR) is 172 cm³/mol. The molecule has 0 radical (unpaired) electrons. The molecule has 1 heterocycles. The van der Waals surface area contributed by atoms with Crippen LogP contribution in [0, 0.1) is 10.1 Å². The van der Waals surface area contributed by atoms with Crippen molar-refractivity contribution in [2.75, 3.05) is 11.4 Å². The molecule has 5 heteroatoms. The van der Waals surface area contributed by atoms with E-state index in [0.717, 1.165) is 18.7 Å². The van der Waals surface area contributed by atoms with E-state index in [2.05, 4.69) is 49.9 Å². The van der Waals surface area contributed by atoms with E-state index in [-0.39, 0.29) is 16.9 Å². The lowest BCUT2D eigenvalue weighted by Gasteiger charge is -2.27. The number of para-hydroxylation sites is 1. The third kappa shape index (κ3) is 9.83. The van der Waals surface area contributed by atoms with Crippen molar-refractivity contribution in [3.8, 4) is 0 Å². The van der Waals surface area contributed by atoms with E-state index in [4.69, 9.17) is 0 Å². The van der Waals surface area contributed by atoms with Gasteiger partial charge < -0.3 is 4.90 Å². The molecule has 0 unspecified atom stereocenters. The van der Waals surface area contributed by atoms with E-state index < -0.39 is 4.92 Å². The van der Waals surface area contributed by atoms with Gasteiger partial charge in [0.1, 0.15) is 0 Å². The number of rotatable bonds is 19. The lowest BCUT2D eigenvalue weighted by atomic mass is 9.83. The van der Waals surface area contributed by atoms with Crippen LogP contribution in [0.25, 0.3) is 0 Å². The van der Waals surface area contributed by atoms with Crippen LogP contribution in [0.4, 0.5) is 5.69 Å². The van der Waals surface area contributed by atoms with Gasteiger partial charge >= 0.3 is 0 Å². The quantitative estimate of drug-likeness (QED) is 0.0731. The molecule has 3 rings (SSSR count). The van der Waals surface area contributed by atoms with Crippen molar-refractivity contribution >= 4 is 11.5 Å². The molecule has 0 fully saturated rings. The molecule has 2 aliphatic rings. The Labute approximate surface area is 248 Å². The molecule has 1 aliphatic carbocycles. The first kappa shape index (κ1) is 32.6. The average Bonchev–Trinajstić information content (AvgIpc) is 3.17. The summed E-state index contributed by atoms with van der Waals surface area (Å²) < 4.78 is 0. The van der Waals surface area contributed by atoms with Crippen molar-refractivity contribution in [2.24, 2.45) is 0 Å². The van der Waals surface area contributed by atoms with Gasteiger partial charge in [0.25, 0.3) is 5.70 Å². The van der Waals surface area contributed by atoms with Crippen LogP contribution in [0.2, 0.25) is 0 Å². The van der Waals surface area contributed by atoms with Gasteiger partial charge in [-0.05, 0) is 36.3 Å². The van der Waals surface area contributed by atoms with E-state index in [9.17, 15) is 14.9 Å². The van der Waals surface area contributed by atoms with Crippen LogP contribution >= 0.6 is 0 Å². The van der Waals surface area contributed by atoms with E-state index in [1.54, 1.807) is 6.08 Å². The monoisotopic (exact) mass is 560 g/mol. The van der Waals surface area contributed by atoms with Crippen LogP contribution in [0.3, 0.4) is 0 Å². The van der Waals surface area contributed by atoms with Crippen molar-refractivity contribution in [1.29, 1.82) is 0 Å². The van der Waals surface area contributed by atoms with E-state index in [1.807, 2.05) is 6.08 Å². The number of hydrogen-bond donors (Lipinski definition) is 0. The van der Waals surface area contributed by atoms with Crippen molar-refractivity contribution in [2.45, 2.75) is 129 Å². The van der Waals surface area contributed by atoms with Crippen LogP contribution in [0.5, 0.6) is 0 Å². The summed E-state index contributed by atoms with van der Waals surface area (Å²) in [5.74, 6) is -0.204. The maximum absolute atomic E-state index is 12.4. The second kappa shape index (κ2) is 17.1. The molecule has 0 spiro atoms. The van der Waals surface area contributed by atoms with Gasteiger partial charge in [0, 0.05) is 41.1 Å². The van der Waals surface area contributed by atoms with Gasteiger partial charge in [0.15, 0.2) is 5.78 Å². The molecule has 0 bridgehead atoms. The van der Waals surface area contributed by atoms with Crippen molar-refractivity contribution in [3.63, 3.8) is 0 Å². The normalized spacial score (nSPS) is 17.9. The Morgan fingerprint density at radius 1 is 0.780 bits per heavy atom. The molecule has 0 atom stereocenters. The summed E-state index contributed by atoms with van der Waals surface area (Å²) in [7, 11) is 0. The Morgan fingerprint density at radius 2 is 1.32 bits per heavy atom. The van der Waals surface area contributed by atoms with Crippen LogP contribution in [-0.4, -0.2) is 17.3 Å². The van der Waals surface area contributed by atoms with Crippen molar-refractivity contribution < 1.29 is 9.72 Å².